The minimum Gasteiger partial charge on any atom is -0.406 e. The monoisotopic (exact) mass is 492 g/mol. The summed E-state index contributed by atoms with van der Waals surface area (Å²) < 4.78 is 48.1. The maximum absolute atomic E-state index is 13.2. The number of ether oxygens (including phenoxy) is 2. The van der Waals surface area contributed by atoms with E-state index in [1.54, 1.807) is 17.9 Å². The Kier molecular flexibility index (Phi) is 6.78. The third-order valence-corrected chi connectivity index (χ3v) is 5.37. The van der Waals surface area contributed by atoms with Crippen LogP contribution in [0.3, 0.4) is 0 Å². The number of aliphatic imine (C=N–C) groups is 1. The first-order chi connectivity index (χ1) is 16.6. The Morgan fingerprint density at radius 1 is 1.23 bits per heavy atom. The second-order valence-corrected chi connectivity index (χ2v) is 7.94. The average Bonchev–Trinajstić information content (AvgIpc) is 3.23. The molecule has 35 heavy (non-hydrogen) atoms. The molecule has 3 heterocycles. The topological polar surface area (TPSA) is 110 Å². The zero-order valence-electron chi connectivity index (χ0n) is 18.9. The van der Waals surface area contributed by atoms with Gasteiger partial charge in [-0.05, 0) is 36.6 Å². The first kappa shape index (κ1) is 24.3. The number of hydrogen-bond acceptors (Lipinski definition) is 6. The number of aryl methyl sites for hydroxylation is 1. The smallest absolute Gasteiger partial charge is 0.406 e. The number of carbonyl (C=O) groups excluding carboxylic acids is 2. The van der Waals surface area contributed by atoms with Gasteiger partial charge in [-0.3, -0.25) is 14.4 Å². The minimum absolute atomic E-state index is 0.0413. The van der Waals surface area contributed by atoms with Crippen LogP contribution in [0.1, 0.15) is 30.1 Å². The molecule has 2 N–H and O–H groups in total. The summed E-state index contributed by atoms with van der Waals surface area (Å²) in [5.74, 6) is -0.420. The van der Waals surface area contributed by atoms with Crippen LogP contribution >= 0.6 is 0 Å². The molecule has 2 aromatic rings. The number of urea groups is 1. The first-order valence-corrected chi connectivity index (χ1v) is 10.7. The van der Waals surface area contributed by atoms with Crippen molar-refractivity contribution in [3.8, 4) is 5.75 Å². The molecule has 1 aromatic carbocycles. The molecule has 0 radical (unpaired) electrons. The summed E-state index contributed by atoms with van der Waals surface area (Å²) in [5, 5.41) is 9.91. The third-order valence-electron chi connectivity index (χ3n) is 5.37. The fourth-order valence-corrected chi connectivity index (χ4v) is 3.81. The molecular weight excluding hydrogens is 469 g/mol. The van der Waals surface area contributed by atoms with E-state index in [1.807, 2.05) is 6.07 Å². The summed E-state index contributed by atoms with van der Waals surface area (Å²) in [6.07, 6.45) is -2.00. The number of alkyl halides is 3. The largest absolute Gasteiger partial charge is 0.573 e. The van der Waals surface area contributed by atoms with Gasteiger partial charge in [0.15, 0.2) is 5.82 Å². The van der Waals surface area contributed by atoms with Gasteiger partial charge >= 0.3 is 12.4 Å². The summed E-state index contributed by atoms with van der Waals surface area (Å²) in [5.41, 5.74) is 2.39. The summed E-state index contributed by atoms with van der Waals surface area (Å²) in [6, 6.07) is 5.61. The molecule has 0 spiro atoms. The van der Waals surface area contributed by atoms with Crippen LogP contribution in [0.15, 0.2) is 53.0 Å². The predicted octanol–water partition coefficient (Wildman–Crippen LogP) is 2.60. The SMILES string of the molecule is COCC(NC(=O)N1CC(=O)NC2=C1N=C(c1ccn(C)n1)CC2)c1ccc(OC(F)(F)F)cc1. The van der Waals surface area contributed by atoms with Crippen LogP contribution in [-0.2, 0) is 16.6 Å². The fourth-order valence-electron chi connectivity index (χ4n) is 3.81. The summed E-state index contributed by atoms with van der Waals surface area (Å²) in [7, 11) is 3.22. The van der Waals surface area contributed by atoms with E-state index in [1.165, 1.54) is 24.1 Å². The van der Waals surface area contributed by atoms with Crippen molar-refractivity contribution < 1.29 is 32.2 Å². The zero-order valence-corrected chi connectivity index (χ0v) is 18.9. The van der Waals surface area contributed by atoms with Gasteiger partial charge in [-0.1, -0.05) is 12.1 Å². The maximum Gasteiger partial charge on any atom is 0.573 e. The first-order valence-electron chi connectivity index (χ1n) is 10.7. The van der Waals surface area contributed by atoms with E-state index >= 15 is 0 Å². The van der Waals surface area contributed by atoms with Crippen LogP contribution in [0.25, 0.3) is 0 Å². The molecule has 2 aliphatic heterocycles. The number of hydrogen-bond donors (Lipinski definition) is 2. The normalized spacial score (nSPS) is 16.9. The number of rotatable bonds is 6. The molecule has 186 valence electrons. The molecule has 0 saturated heterocycles. The maximum atomic E-state index is 13.2. The molecule has 1 atom stereocenters. The van der Waals surface area contributed by atoms with Gasteiger partial charge < -0.3 is 20.1 Å². The molecule has 13 heteroatoms. The number of benzene rings is 1. The van der Waals surface area contributed by atoms with Gasteiger partial charge in [0.05, 0.1) is 24.1 Å². The molecule has 0 saturated carbocycles. The molecule has 4 rings (SSSR count). The Bertz CT molecular complexity index is 1170. The lowest BCUT2D eigenvalue weighted by Gasteiger charge is -2.33. The Morgan fingerprint density at radius 3 is 2.60 bits per heavy atom. The number of nitrogens with one attached hydrogen (secondary N) is 2. The van der Waals surface area contributed by atoms with Crippen LogP contribution < -0.4 is 15.4 Å². The Hall–Kier alpha value is -3.87. The number of amides is 3. The highest BCUT2D eigenvalue weighted by Crippen LogP contribution is 2.28. The van der Waals surface area contributed by atoms with Crippen molar-refractivity contribution in [3.05, 3.63) is 59.3 Å². The van der Waals surface area contributed by atoms with Crippen molar-refractivity contribution in [1.29, 1.82) is 0 Å². The quantitative estimate of drug-likeness (QED) is 0.644. The second-order valence-electron chi connectivity index (χ2n) is 7.94. The number of halogens is 3. The number of nitrogens with zero attached hydrogens (tertiary/aromatic N) is 4. The van der Waals surface area contributed by atoms with Gasteiger partial charge in [-0.15, -0.1) is 13.2 Å². The zero-order chi connectivity index (χ0) is 25.2. The van der Waals surface area contributed by atoms with Crippen LogP contribution in [0, 0.1) is 0 Å². The average molecular weight is 492 g/mol. The highest BCUT2D eigenvalue weighted by Gasteiger charge is 2.34. The van der Waals surface area contributed by atoms with Crippen molar-refractivity contribution in [2.24, 2.45) is 12.0 Å². The van der Waals surface area contributed by atoms with Crippen molar-refractivity contribution in [2.75, 3.05) is 20.3 Å². The second kappa shape index (κ2) is 9.78. The Balaban J connectivity index is 1.55. The molecule has 3 amide bonds. The van der Waals surface area contributed by atoms with E-state index in [2.05, 4.69) is 25.5 Å². The molecule has 0 aliphatic carbocycles. The molecular formula is C22H23F3N6O4. The number of aromatic nitrogens is 2. The van der Waals surface area contributed by atoms with E-state index in [-0.39, 0.29) is 24.8 Å². The third kappa shape index (κ3) is 5.80. The van der Waals surface area contributed by atoms with Gasteiger partial charge in [0.25, 0.3) is 0 Å². The van der Waals surface area contributed by atoms with E-state index in [9.17, 15) is 22.8 Å². The molecule has 1 aromatic heterocycles. The van der Waals surface area contributed by atoms with Crippen molar-refractivity contribution >= 4 is 17.6 Å². The lowest BCUT2D eigenvalue weighted by atomic mass is 10.1. The highest BCUT2D eigenvalue weighted by atomic mass is 19.4. The standard InChI is InChI=1S/C22H23F3N6O4/c1-30-10-9-16(29-30)15-7-8-17-20(27-15)31(11-19(32)26-17)21(33)28-18(12-34-2)13-3-5-14(6-4-13)35-22(23,24)25/h3-6,9-10,18H,7-8,11-12H2,1-2H3,(H,26,32)(H,28,33). The number of methoxy groups -OCH3 is 1. The van der Waals surface area contributed by atoms with Crippen molar-refractivity contribution in [2.45, 2.75) is 25.2 Å². The highest BCUT2D eigenvalue weighted by molar-refractivity contribution is 6.01. The molecule has 2 aliphatic rings. The Labute approximate surface area is 198 Å². The minimum atomic E-state index is -4.81. The summed E-state index contributed by atoms with van der Waals surface area (Å²) in [4.78, 5) is 31.3. The number of allylic oxidation sites excluding steroid dienone is 1. The lowest BCUT2D eigenvalue weighted by Crippen LogP contribution is -2.51. The summed E-state index contributed by atoms with van der Waals surface area (Å²) in [6.45, 7) is -0.207. The van der Waals surface area contributed by atoms with Crippen molar-refractivity contribution in [1.82, 2.24) is 25.3 Å². The van der Waals surface area contributed by atoms with Crippen LogP contribution in [-0.4, -0.2) is 59.0 Å². The van der Waals surface area contributed by atoms with Crippen LogP contribution in [0.5, 0.6) is 5.75 Å². The lowest BCUT2D eigenvalue weighted by molar-refractivity contribution is -0.274. The van der Waals surface area contributed by atoms with Crippen LogP contribution in [0.2, 0.25) is 0 Å². The van der Waals surface area contributed by atoms with Gasteiger partial charge in [-0.25, -0.2) is 9.79 Å². The van der Waals surface area contributed by atoms with E-state index in [0.717, 1.165) is 12.1 Å². The molecule has 0 fully saturated rings. The van der Waals surface area contributed by atoms with Gasteiger partial charge in [-0.2, -0.15) is 5.10 Å². The number of carbonyl (C=O) groups is 2. The van der Waals surface area contributed by atoms with E-state index in [4.69, 9.17) is 4.74 Å². The fraction of sp³-hybridized carbons (Fsp3) is 0.364. The van der Waals surface area contributed by atoms with Gasteiger partial charge in [0, 0.05) is 20.4 Å². The van der Waals surface area contributed by atoms with Crippen molar-refractivity contribution in [3.63, 3.8) is 0 Å². The summed E-state index contributed by atoms with van der Waals surface area (Å²) >= 11 is 0. The molecule has 10 nitrogen and oxygen atoms in total. The molecule has 0 bridgehead atoms. The van der Waals surface area contributed by atoms with E-state index in [0.29, 0.717) is 41.3 Å². The van der Waals surface area contributed by atoms with Gasteiger partial charge in [0.2, 0.25) is 5.91 Å². The Morgan fingerprint density at radius 2 is 1.97 bits per heavy atom. The predicted molar refractivity (Wildman–Crippen MR) is 117 cm³/mol. The van der Waals surface area contributed by atoms with E-state index < -0.39 is 18.4 Å². The van der Waals surface area contributed by atoms with Gasteiger partial charge in [0.1, 0.15) is 18.0 Å². The van der Waals surface area contributed by atoms with Crippen LogP contribution in [0.4, 0.5) is 18.0 Å². The molecule has 1 unspecified atom stereocenters.